The van der Waals surface area contributed by atoms with Crippen molar-refractivity contribution in [2.24, 2.45) is 0 Å². The highest BCUT2D eigenvalue weighted by molar-refractivity contribution is 5.60. The highest BCUT2D eigenvalue weighted by Gasteiger charge is 2.01. The Labute approximate surface area is 111 Å². The first-order valence-electron chi connectivity index (χ1n) is 6.93. The maximum atomic E-state index is 5.64. The van der Waals surface area contributed by atoms with E-state index in [1.165, 1.54) is 17.6 Å². The molecule has 0 spiro atoms. The van der Waals surface area contributed by atoms with Crippen molar-refractivity contribution in [3.63, 3.8) is 0 Å². The maximum Gasteiger partial charge on any atom is 0.126 e. The summed E-state index contributed by atoms with van der Waals surface area (Å²) in [6.07, 6.45) is 4.48. The first kappa shape index (κ1) is 14.8. The van der Waals surface area contributed by atoms with E-state index in [2.05, 4.69) is 37.4 Å². The van der Waals surface area contributed by atoms with Crippen molar-refractivity contribution >= 4 is 6.08 Å². The minimum atomic E-state index is 0.709. The molecule has 1 rings (SSSR count). The maximum absolute atomic E-state index is 5.64. The Kier molecular flexibility index (Phi) is 7.19. The van der Waals surface area contributed by atoms with Crippen LogP contribution in [0.25, 0.3) is 6.08 Å². The molecule has 18 heavy (non-hydrogen) atoms. The second-order valence-corrected chi connectivity index (χ2v) is 4.30. The fraction of sp³-hybridized carbons (Fsp3) is 0.500. The normalized spacial score (nSPS) is 11.6. The molecule has 0 saturated carbocycles. The van der Waals surface area contributed by atoms with Crippen molar-refractivity contribution in [2.75, 3.05) is 19.7 Å². The molecular formula is C16H25NO. The molecule has 0 aliphatic rings. The molecule has 0 saturated heterocycles. The zero-order valence-electron chi connectivity index (χ0n) is 11.8. The molecule has 0 aliphatic heterocycles. The summed E-state index contributed by atoms with van der Waals surface area (Å²) in [5, 5.41) is 3.45. The predicted molar refractivity (Wildman–Crippen MR) is 79.0 cm³/mol. The van der Waals surface area contributed by atoms with Gasteiger partial charge in [-0.15, -0.1) is 0 Å². The van der Waals surface area contributed by atoms with Crippen LogP contribution in [-0.4, -0.2) is 19.7 Å². The van der Waals surface area contributed by atoms with Gasteiger partial charge in [-0.1, -0.05) is 43.7 Å². The largest absolute Gasteiger partial charge is 0.493 e. The molecule has 1 aromatic carbocycles. The SMILES string of the molecule is CCCNCC(=Cc1ccccc1OCC)CC. The monoisotopic (exact) mass is 247 g/mol. The van der Waals surface area contributed by atoms with Crippen LogP contribution < -0.4 is 10.1 Å². The third kappa shape index (κ3) is 4.92. The van der Waals surface area contributed by atoms with E-state index in [4.69, 9.17) is 4.74 Å². The Balaban J connectivity index is 2.77. The molecule has 0 bridgehead atoms. The molecule has 0 aliphatic carbocycles. The summed E-state index contributed by atoms with van der Waals surface area (Å²) in [6, 6.07) is 8.22. The van der Waals surface area contributed by atoms with Gasteiger partial charge in [0.15, 0.2) is 0 Å². The van der Waals surface area contributed by atoms with Gasteiger partial charge < -0.3 is 10.1 Å². The van der Waals surface area contributed by atoms with Gasteiger partial charge in [0.1, 0.15) is 5.75 Å². The Morgan fingerprint density at radius 3 is 2.67 bits per heavy atom. The lowest BCUT2D eigenvalue weighted by atomic mass is 10.1. The van der Waals surface area contributed by atoms with Crippen LogP contribution in [0.15, 0.2) is 29.8 Å². The van der Waals surface area contributed by atoms with E-state index in [-0.39, 0.29) is 0 Å². The molecule has 2 heteroatoms. The second-order valence-electron chi connectivity index (χ2n) is 4.30. The smallest absolute Gasteiger partial charge is 0.126 e. The number of nitrogens with one attached hydrogen (secondary N) is 1. The summed E-state index contributed by atoms with van der Waals surface area (Å²) in [6.45, 7) is 9.15. The summed E-state index contributed by atoms with van der Waals surface area (Å²) in [7, 11) is 0. The molecule has 1 aromatic rings. The Morgan fingerprint density at radius 2 is 2.00 bits per heavy atom. The van der Waals surface area contributed by atoms with Crippen molar-refractivity contribution in [3.05, 3.63) is 35.4 Å². The van der Waals surface area contributed by atoms with E-state index in [0.29, 0.717) is 6.61 Å². The van der Waals surface area contributed by atoms with Gasteiger partial charge in [0.05, 0.1) is 6.61 Å². The van der Waals surface area contributed by atoms with Crippen LogP contribution in [0, 0.1) is 0 Å². The Bertz CT molecular complexity index is 371. The van der Waals surface area contributed by atoms with E-state index < -0.39 is 0 Å². The number of benzene rings is 1. The minimum absolute atomic E-state index is 0.709. The summed E-state index contributed by atoms with van der Waals surface area (Å²) in [5.41, 5.74) is 2.59. The molecule has 0 heterocycles. The minimum Gasteiger partial charge on any atom is -0.493 e. The van der Waals surface area contributed by atoms with Crippen LogP contribution in [-0.2, 0) is 0 Å². The van der Waals surface area contributed by atoms with E-state index in [9.17, 15) is 0 Å². The second kappa shape index (κ2) is 8.76. The van der Waals surface area contributed by atoms with Gasteiger partial charge in [0.25, 0.3) is 0 Å². The first-order valence-corrected chi connectivity index (χ1v) is 6.93. The molecule has 2 nitrogen and oxygen atoms in total. The number of para-hydroxylation sites is 1. The van der Waals surface area contributed by atoms with Crippen molar-refractivity contribution < 1.29 is 4.74 Å². The summed E-state index contributed by atoms with van der Waals surface area (Å²) in [5.74, 6) is 0.974. The fourth-order valence-corrected chi connectivity index (χ4v) is 1.81. The van der Waals surface area contributed by atoms with Gasteiger partial charge in [-0.05, 0) is 32.4 Å². The predicted octanol–water partition coefficient (Wildman–Crippen LogP) is 3.88. The molecule has 0 aromatic heterocycles. The number of ether oxygens (including phenoxy) is 1. The standard InChI is InChI=1S/C16H25NO/c1-4-11-17-13-14(5-2)12-15-9-7-8-10-16(15)18-6-3/h7-10,12,17H,4-6,11,13H2,1-3H3. The molecule has 0 unspecified atom stereocenters. The molecule has 0 fully saturated rings. The number of hydrogen-bond acceptors (Lipinski definition) is 2. The lowest BCUT2D eigenvalue weighted by molar-refractivity contribution is 0.339. The summed E-state index contributed by atoms with van der Waals surface area (Å²) in [4.78, 5) is 0. The molecule has 100 valence electrons. The van der Waals surface area contributed by atoms with E-state index >= 15 is 0 Å². The van der Waals surface area contributed by atoms with Crippen molar-refractivity contribution in [1.29, 1.82) is 0 Å². The Hall–Kier alpha value is -1.28. The third-order valence-corrected chi connectivity index (χ3v) is 2.81. The highest BCUT2D eigenvalue weighted by atomic mass is 16.5. The van der Waals surface area contributed by atoms with Crippen LogP contribution in [0.3, 0.4) is 0 Å². The molecule has 1 N–H and O–H groups in total. The lowest BCUT2D eigenvalue weighted by Crippen LogP contribution is -2.17. The quantitative estimate of drug-likeness (QED) is 0.704. The van der Waals surface area contributed by atoms with Crippen LogP contribution in [0.5, 0.6) is 5.75 Å². The summed E-state index contributed by atoms with van der Waals surface area (Å²) >= 11 is 0. The van der Waals surface area contributed by atoms with Gasteiger partial charge in [-0.3, -0.25) is 0 Å². The van der Waals surface area contributed by atoms with Crippen molar-refractivity contribution in [2.45, 2.75) is 33.6 Å². The van der Waals surface area contributed by atoms with Crippen LogP contribution in [0.2, 0.25) is 0 Å². The van der Waals surface area contributed by atoms with Crippen LogP contribution in [0.4, 0.5) is 0 Å². The topological polar surface area (TPSA) is 21.3 Å². The van der Waals surface area contributed by atoms with Gasteiger partial charge in [-0.2, -0.15) is 0 Å². The van der Waals surface area contributed by atoms with Crippen LogP contribution >= 0.6 is 0 Å². The average molecular weight is 247 g/mol. The zero-order chi connectivity index (χ0) is 13.2. The van der Waals surface area contributed by atoms with Gasteiger partial charge in [0, 0.05) is 12.1 Å². The van der Waals surface area contributed by atoms with Gasteiger partial charge in [0.2, 0.25) is 0 Å². The molecule has 0 atom stereocenters. The molecular weight excluding hydrogens is 222 g/mol. The molecule has 0 amide bonds. The Morgan fingerprint density at radius 1 is 1.22 bits per heavy atom. The summed E-state index contributed by atoms with van der Waals surface area (Å²) < 4.78 is 5.64. The van der Waals surface area contributed by atoms with Gasteiger partial charge >= 0.3 is 0 Å². The number of rotatable bonds is 8. The first-order chi connectivity index (χ1) is 8.81. The third-order valence-electron chi connectivity index (χ3n) is 2.81. The average Bonchev–Trinajstić information content (AvgIpc) is 2.40. The number of hydrogen-bond donors (Lipinski definition) is 1. The zero-order valence-corrected chi connectivity index (χ0v) is 11.8. The van der Waals surface area contributed by atoms with Crippen LogP contribution in [0.1, 0.15) is 39.2 Å². The molecule has 0 radical (unpaired) electrons. The van der Waals surface area contributed by atoms with E-state index in [0.717, 1.165) is 25.3 Å². The van der Waals surface area contributed by atoms with E-state index in [1.54, 1.807) is 0 Å². The van der Waals surface area contributed by atoms with Crippen molar-refractivity contribution in [1.82, 2.24) is 5.32 Å². The van der Waals surface area contributed by atoms with Gasteiger partial charge in [-0.25, -0.2) is 0 Å². The van der Waals surface area contributed by atoms with Crippen molar-refractivity contribution in [3.8, 4) is 5.75 Å². The van der Waals surface area contributed by atoms with E-state index in [1.807, 2.05) is 19.1 Å². The fourth-order valence-electron chi connectivity index (χ4n) is 1.81. The lowest BCUT2D eigenvalue weighted by Gasteiger charge is -2.10. The highest BCUT2D eigenvalue weighted by Crippen LogP contribution is 2.21.